The minimum atomic E-state index is -0.766. The van der Waals surface area contributed by atoms with E-state index in [0.29, 0.717) is 19.6 Å². The molecule has 6 heteroatoms. The molecular weight excluding hydrogens is 238 g/mol. The van der Waals surface area contributed by atoms with Crippen LogP contribution in [-0.2, 0) is 20.7 Å². The lowest BCUT2D eigenvalue weighted by Crippen LogP contribution is -2.03. The first-order valence-electron chi connectivity index (χ1n) is 5.85. The molecule has 1 aromatic carbocycles. The van der Waals surface area contributed by atoms with Gasteiger partial charge in [0.2, 0.25) is 0 Å². The van der Waals surface area contributed by atoms with Crippen LogP contribution >= 0.6 is 0 Å². The van der Waals surface area contributed by atoms with Gasteiger partial charge < -0.3 is 14.3 Å². The molecule has 1 heterocycles. The quantitative estimate of drug-likeness (QED) is 0.439. The van der Waals surface area contributed by atoms with Crippen LogP contribution in [0.4, 0.5) is 0 Å². The van der Waals surface area contributed by atoms with Gasteiger partial charge in [-0.1, -0.05) is 24.3 Å². The Balaban J connectivity index is 1.78. The Morgan fingerprint density at radius 2 is 1.94 bits per heavy atom. The highest BCUT2D eigenvalue weighted by Crippen LogP contribution is 2.23. The van der Waals surface area contributed by atoms with Crippen LogP contribution in [0.1, 0.15) is 23.8 Å². The second-order valence-corrected chi connectivity index (χ2v) is 3.98. The highest BCUT2D eigenvalue weighted by atomic mass is 16.9. The number of nitrogens with zero attached hydrogens (tertiary/aromatic N) is 1. The average Bonchev–Trinajstić information content (AvgIpc) is 2.89. The second-order valence-electron chi connectivity index (χ2n) is 3.98. The smallest absolute Gasteiger partial charge is 0.294 e. The molecule has 0 unspecified atom stereocenters. The number of hydrogen-bond donors (Lipinski definition) is 0. The van der Waals surface area contributed by atoms with E-state index in [2.05, 4.69) is 4.84 Å². The summed E-state index contributed by atoms with van der Waals surface area (Å²) in [5, 5.41) is 9.19. The Morgan fingerprint density at radius 3 is 2.56 bits per heavy atom. The summed E-state index contributed by atoms with van der Waals surface area (Å²) in [6, 6.07) is 7.87. The van der Waals surface area contributed by atoms with Crippen LogP contribution in [0.5, 0.6) is 0 Å². The topological polar surface area (TPSA) is 70.8 Å². The van der Waals surface area contributed by atoms with Crippen molar-refractivity contribution in [1.82, 2.24) is 0 Å². The Hall–Kier alpha value is -1.66. The van der Waals surface area contributed by atoms with Gasteiger partial charge >= 0.3 is 0 Å². The molecule has 0 aliphatic carbocycles. The van der Waals surface area contributed by atoms with Gasteiger partial charge in [0, 0.05) is 5.56 Å². The van der Waals surface area contributed by atoms with E-state index in [1.807, 2.05) is 24.3 Å². The van der Waals surface area contributed by atoms with Gasteiger partial charge in [-0.15, -0.1) is 10.1 Å². The molecule has 98 valence electrons. The maximum absolute atomic E-state index is 9.96. The number of hydrogen-bond acceptors (Lipinski definition) is 5. The van der Waals surface area contributed by atoms with Crippen molar-refractivity contribution in [1.29, 1.82) is 0 Å². The maximum Gasteiger partial charge on any atom is 0.294 e. The molecule has 18 heavy (non-hydrogen) atoms. The maximum atomic E-state index is 9.96. The van der Waals surface area contributed by atoms with E-state index in [1.165, 1.54) is 0 Å². The summed E-state index contributed by atoms with van der Waals surface area (Å²) in [6.45, 7) is 1.39. The first-order chi connectivity index (χ1) is 8.75. The molecule has 1 aliphatic heterocycles. The minimum absolute atomic E-state index is 0.129. The summed E-state index contributed by atoms with van der Waals surface area (Å²) in [7, 11) is 0. The van der Waals surface area contributed by atoms with Crippen molar-refractivity contribution in [2.75, 3.05) is 19.8 Å². The average molecular weight is 253 g/mol. The molecule has 0 amide bonds. The van der Waals surface area contributed by atoms with E-state index in [-0.39, 0.29) is 12.9 Å². The molecule has 0 N–H and O–H groups in total. The van der Waals surface area contributed by atoms with Crippen LogP contribution in [0.2, 0.25) is 0 Å². The first-order valence-corrected chi connectivity index (χ1v) is 5.85. The zero-order valence-corrected chi connectivity index (χ0v) is 9.91. The predicted octanol–water partition coefficient (Wildman–Crippen LogP) is 1.87. The van der Waals surface area contributed by atoms with Gasteiger partial charge in [-0.05, 0) is 18.4 Å². The summed E-state index contributed by atoms with van der Waals surface area (Å²) < 4.78 is 10.8. The van der Waals surface area contributed by atoms with Crippen LogP contribution in [-0.4, -0.2) is 24.9 Å². The van der Waals surface area contributed by atoms with Crippen molar-refractivity contribution in [2.24, 2.45) is 0 Å². The molecule has 0 spiro atoms. The number of ether oxygens (including phenoxy) is 2. The van der Waals surface area contributed by atoms with Crippen molar-refractivity contribution in [2.45, 2.75) is 19.1 Å². The Bertz CT molecular complexity index is 386. The Labute approximate surface area is 105 Å². The van der Waals surface area contributed by atoms with Crippen LogP contribution in [0.3, 0.4) is 0 Å². The summed E-state index contributed by atoms with van der Waals surface area (Å²) in [4.78, 5) is 14.2. The van der Waals surface area contributed by atoms with Crippen molar-refractivity contribution in [3.8, 4) is 0 Å². The Morgan fingerprint density at radius 1 is 1.28 bits per heavy atom. The third-order valence-corrected chi connectivity index (χ3v) is 2.68. The lowest BCUT2D eigenvalue weighted by Gasteiger charge is -2.09. The number of benzene rings is 1. The molecule has 1 aromatic rings. The molecule has 1 aliphatic rings. The van der Waals surface area contributed by atoms with E-state index in [0.717, 1.165) is 17.5 Å². The van der Waals surface area contributed by atoms with Crippen LogP contribution < -0.4 is 0 Å². The summed E-state index contributed by atoms with van der Waals surface area (Å²) in [6.07, 6.45) is 1.12. The van der Waals surface area contributed by atoms with Crippen molar-refractivity contribution in [3.63, 3.8) is 0 Å². The van der Waals surface area contributed by atoms with Gasteiger partial charge in [-0.3, -0.25) is 0 Å². The van der Waals surface area contributed by atoms with Crippen molar-refractivity contribution >= 4 is 0 Å². The fraction of sp³-hybridized carbons (Fsp3) is 0.500. The summed E-state index contributed by atoms with van der Waals surface area (Å²) in [5.74, 6) is 0. The zero-order chi connectivity index (χ0) is 12.8. The minimum Gasteiger partial charge on any atom is -0.346 e. The largest absolute Gasteiger partial charge is 0.346 e. The van der Waals surface area contributed by atoms with Crippen LogP contribution in [0.15, 0.2) is 24.3 Å². The molecule has 1 fully saturated rings. The van der Waals surface area contributed by atoms with E-state index < -0.39 is 5.09 Å². The Kier molecular flexibility index (Phi) is 4.49. The van der Waals surface area contributed by atoms with Crippen LogP contribution in [0.25, 0.3) is 0 Å². The molecule has 0 saturated carbocycles. The van der Waals surface area contributed by atoms with Gasteiger partial charge in [0.25, 0.3) is 5.09 Å². The van der Waals surface area contributed by atoms with Gasteiger partial charge in [0.05, 0.1) is 19.8 Å². The summed E-state index contributed by atoms with van der Waals surface area (Å²) in [5.41, 5.74) is 2.11. The van der Waals surface area contributed by atoms with Gasteiger partial charge in [0.1, 0.15) is 0 Å². The molecular formula is C12H15NO5. The third kappa shape index (κ3) is 3.68. The van der Waals surface area contributed by atoms with Crippen molar-refractivity contribution in [3.05, 3.63) is 45.5 Å². The van der Waals surface area contributed by atoms with Gasteiger partial charge in [0.15, 0.2) is 6.29 Å². The van der Waals surface area contributed by atoms with Crippen LogP contribution in [0, 0.1) is 10.1 Å². The van der Waals surface area contributed by atoms with E-state index >= 15 is 0 Å². The molecule has 0 bridgehead atoms. The second kappa shape index (κ2) is 6.32. The zero-order valence-electron chi connectivity index (χ0n) is 9.91. The van der Waals surface area contributed by atoms with Crippen molar-refractivity contribution < 1.29 is 19.4 Å². The highest BCUT2D eigenvalue weighted by Gasteiger charge is 2.17. The van der Waals surface area contributed by atoms with E-state index in [4.69, 9.17) is 9.47 Å². The van der Waals surface area contributed by atoms with Gasteiger partial charge in [-0.25, -0.2) is 0 Å². The van der Waals surface area contributed by atoms with E-state index in [9.17, 15) is 10.1 Å². The number of aryl methyl sites for hydroxylation is 1. The monoisotopic (exact) mass is 253 g/mol. The molecule has 2 rings (SSSR count). The summed E-state index contributed by atoms with van der Waals surface area (Å²) >= 11 is 0. The molecule has 6 nitrogen and oxygen atoms in total. The SMILES string of the molecule is O=[N+]([O-])OCCCc1ccc(C2OCCO2)cc1. The molecule has 1 saturated heterocycles. The standard InChI is InChI=1S/C12H15NO5/c14-13(15)18-7-1-2-10-3-5-11(6-4-10)12-16-8-9-17-12/h3-6,12H,1-2,7-9H2. The molecule has 0 atom stereocenters. The normalized spacial score (nSPS) is 15.8. The fourth-order valence-electron chi connectivity index (χ4n) is 1.81. The van der Waals surface area contributed by atoms with E-state index in [1.54, 1.807) is 0 Å². The predicted molar refractivity (Wildman–Crippen MR) is 62.4 cm³/mol. The highest BCUT2D eigenvalue weighted by molar-refractivity contribution is 5.23. The fourth-order valence-corrected chi connectivity index (χ4v) is 1.81. The lowest BCUT2D eigenvalue weighted by atomic mass is 10.1. The first kappa shape index (κ1) is 12.8. The third-order valence-electron chi connectivity index (χ3n) is 2.68. The lowest BCUT2D eigenvalue weighted by molar-refractivity contribution is -0.757. The molecule has 0 radical (unpaired) electrons. The van der Waals surface area contributed by atoms with Gasteiger partial charge in [-0.2, -0.15) is 0 Å². The number of rotatable bonds is 6. The molecule has 0 aromatic heterocycles.